The van der Waals surface area contributed by atoms with E-state index in [1.54, 1.807) is 12.8 Å². The molecule has 0 aliphatic heterocycles. The second-order valence-corrected chi connectivity index (χ2v) is 6.25. The summed E-state index contributed by atoms with van der Waals surface area (Å²) in [6.07, 6.45) is 3.27. The Kier molecular flexibility index (Phi) is 0.793. The van der Waals surface area contributed by atoms with Crippen molar-refractivity contribution in [3.63, 3.8) is 0 Å². The summed E-state index contributed by atoms with van der Waals surface area (Å²) < 4.78 is 0. The Bertz CT molecular complexity index is 271. The minimum Gasteiger partial charge on any atom is -0.316 e. The topological polar surface area (TPSA) is 12.0 Å². The predicted octanol–water partition coefficient (Wildman–Crippen LogP) is 1.35. The monoisotopic (exact) mass is 175 g/mol. The van der Waals surface area contributed by atoms with Crippen LogP contribution in [0.1, 0.15) is 12.8 Å². The molecule has 6 fully saturated rings. The van der Waals surface area contributed by atoms with Crippen molar-refractivity contribution in [2.24, 2.45) is 47.3 Å². The van der Waals surface area contributed by atoms with Crippen molar-refractivity contribution >= 4 is 0 Å². The van der Waals surface area contributed by atoms with Crippen molar-refractivity contribution in [2.75, 3.05) is 7.05 Å². The molecule has 0 aromatic rings. The Morgan fingerprint density at radius 1 is 0.769 bits per heavy atom. The van der Waals surface area contributed by atoms with Gasteiger partial charge in [-0.25, -0.2) is 0 Å². The van der Waals surface area contributed by atoms with Crippen molar-refractivity contribution in [3.8, 4) is 0 Å². The highest BCUT2D eigenvalue weighted by Crippen LogP contribution is 2.82. The smallest absolute Gasteiger partial charge is 0.0132 e. The van der Waals surface area contributed by atoms with E-state index in [1.807, 2.05) is 0 Å². The van der Waals surface area contributed by atoms with Crippen LogP contribution < -0.4 is 5.32 Å². The van der Waals surface area contributed by atoms with Gasteiger partial charge in [-0.3, -0.25) is 0 Å². The van der Waals surface area contributed by atoms with Gasteiger partial charge in [-0.05, 0) is 67.2 Å². The van der Waals surface area contributed by atoms with Gasteiger partial charge < -0.3 is 5.32 Å². The molecule has 6 saturated carbocycles. The van der Waals surface area contributed by atoms with Gasteiger partial charge in [0.05, 0.1) is 0 Å². The largest absolute Gasteiger partial charge is 0.316 e. The van der Waals surface area contributed by atoms with Crippen molar-refractivity contribution < 1.29 is 0 Å². The molecule has 13 heavy (non-hydrogen) atoms. The average Bonchev–Trinajstić information content (AvgIpc) is 2.78. The SMILES string of the molecule is CNC1[C@H]2[C@H]3C[C@@H]4[C@@H]5C[C@H]([C@H]1[C@@H]35)[C@H]42. The van der Waals surface area contributed by atoms with Crippen molar-refractivity contribution in [2.45, 2.75) is 18.9 Å². The summed E-state index contributed by atoms with van der Waals surface area (Å²) in [4.78, 5) is 0. The average molecular weight is 175 g/mol. The minimum atomic E-state index is 0.947. The molecule has 1 heteroatoms. The summed E-state index contributed by atoms with van der Waals surface area (Å²) in [5, 5.41) is 3.64. The summed E-state index contributed by atoms with van der Waals surface area (Å²) in [7, 11) is 2.20. The predicted molar refractivity (Wildman–Crippen MR) is 50.0 cm³/mol. The second kappa shape index (κ2) is 1.60. The van der Waals surface area contributed by atoms with Crippen LogP contribution in [0.2, 0.25) is 0 Å². The Morgan fingerprint density at radius 2 is 1.31 bits per heavy atom. The first kappa shape index (κ1) is 6.44. The highest BCUT2D eigenvalue weighted by Gasteiger charge is 2.79. The van der Waals surface area contributed by atoms with Gasteiger partial charge in [-0.1, -0.05) is 0 Å². The van der Waals surface area contributed by atoms with Crippen LogP contribution in [-0.4, -0.2) is 13.1 Å². The van der Waals surface area contributed by atoms with E-state index in [0.29, 0.717) is 0 Å². The van der Waals surface area contributed by atoms with Gasteiger partial charge in [-0.2, -0.15) is 0 Å². The van der Waals surface area contributed by atoms with Gasteiger partial charge in [0, 0.05) is 6.04 Å². The van der Waals surface area contributed by atoms with E-state index < -0.39 is 0 Å². The quantitative estimate of drug-likeness (QED) is 0.634. The fourth-order valence-electron chi connectivity index (χ4n) is 7.01. The van der Waals surface area contributed by atoms with Gasteiger partial charge in [-0.15, -0.1) is 0 Å². The number of hydrogen-bond donors (Lipinski definition) is 1. The third kappa shape index (κ3) is 0.407. The second-order valence-electron chi connectivity index (χ2n) is 6.25. The van der Waals surface area contributed by atoms with Crippen LogP contribution in [0.15, 0.2) is 0 Å². The first-order valence-electron chi connectivity index (χ1n) is 6.09. The summed E-state index contributed by atoms with van der Waals surface area (Å²) in [6.45, 7) is 0. The summed E-state index contributed by atoms with van der Waals surface area (Å²) in [5.74, 6) is 9.44. The van der Waals surface area contributed by atoms with E-state index in [2.05, 4.69) is 12.4 Å². The molecule has 6 aliphatic carbocycles. The van der Waals surface area contributed by atoms with Crippen LogP contribution in [0.4, 0.5) is 0 Å². The van der Waals surface area contributed by atoms with Gasteiger partial charge >= 0.3 is 0 Å². The van der Waals surface area contributed by atoms with Crippen molar-refractivity contribution in [3.05, 3.63) is 0 Å². The highest BCUT2D eigenvalue weighted by atomic mass is 15.0. The van der Waals surface area contributed by atoms with Gasteiger partial charge in [0.1, 0.15) is 0 Å². The molecular formula is C12H17N. The maximum atomic E-state index is 3.64. The minimum absolute atomic E-state index is 0.947. The molecule has 70 valence electrons. The molecule has 1 nitrogen and oxygen atoms in total. The maximum Gasteiger partial charge on any atom is 0.0132 e. The normalized spacial score (nSPS) is 79.6. The first-order valence-corrected chi connectivity index (χ1v) is 6.09. The van der Waals surface area contributed by atoms with Crippen LogP contribution in [0, 0.1) is 47.3 Å². The third-order valence-electron chi connectivity index (χ3n) is 6.66. The van der Waals surface area contributed by atoms with E-state index in [1.165, 1.54) is 35.5 Å². The lowest BCUT2D eigenvalue weighted by atomic mass is 9.71. The van der Waals surface area contributed by atoms with Crippen LogP contribution in [0.3, 0.4) is 0 Å². The molecule has 0 saturated heterocycles. The van der Waals surface area contributed by atoms with E-state index in [9.17, 15) is 0 Å². The van der Waals surface area contributed by atoms with Crippen molar-refractivity contribution in [1.29, 1.82) is 0 Å². The molecule has 6 aliphatic rings. The zero-order valence-electron chi connectivity index (χ0n) is 8.11. The zero-order valence-corrected chi connectivity index (χ0v) is 8.11. The lowest BCUT2D eigenvalue weighted by molar-refractivity contribution is 0.132. The van der Waals surface area contributed by atoms with Crippen molar-refractivity contribution in [1.82, 2.24) is 5.32 Å². The fraction of sp³-hybridized carbons (Fsp3) is 1.00. The molecular weight excluding hydrogens is 158 g/mol. The van der Waals surface area contributed by atoms with Crippen LogP contribution in [0.25, 0.3) is 0 Å². The van der Waals surface area contributed by atoms with Crippen LogP contribution >= 0.6 is 0 Å². The Morgan fingerprint density at radius 3 is 1.77 bits per heavy atom. The fourth-order valence-corrected chi connectivity index (χ4v) is 7.01. The molecule has 0 heterocycles. The molecule has 0 spiro atoms. The Hall–Kier alpha value is -0.0400. The number of hydrogen-bond acceptors (Lipinski definition) is 1. The van der Waals surface area contributed by atoms with Crippen LogP contribution in [0.5, 0.6) is 0 Å². The molecule has 9 atom stereocenters. The number of rotatable bonds is 1. The Balaban J connectivity index is 1.79. The van der Waals surface area contributed by atoms with Gasteiger partial charge in [0.25, 0.3) is 0 Å². The van der Waals surface area contributed by atoms with Gasteiger partial charge in [0.2, 0.25) is 0 Å². The molecule has 0 aromatic carbocycles. The molecule has 1 unspecified atom stereocenters. The number of nitrogens with one attached hydrogen (secondary N) is 1. The lowest BCUT2D eigenvalue weighted by Gasteiger charge is -2.33. The molecule has 0 radical (unpaired) electrons. The zero-order chi connectivity index (χ0) is 8.32. The van der Waals surface area contributed by atoms with E-state index in [4.69, 9.17) is 0 Å². The van der Waals surface area contributed by atoms with E-state index >= 15 is 0 Å². The molecule has 0 aromatic heterocycles. The van der Waals surface area contributed by atoms with E-state index in [-0.39, 0.29) is 0 Å². The first-order chi connectivity index (χ1) is 6.42. The van der Waals surface area contributed by atoms with Gasteiger partial charge in [0.15, 0.2) is 0 Å². The lowest BCUT2D eigenvalue weighted by Crippen LogP contribution is -2.31. The third-order valence-corrected chi connectivity index (χ3v) is 6.66. The van der Waals surface area contributed by atoms with Crippen LogP contribution in [-0.2, 0) is 0 Å². The van der Waals surface area contributed by atoms with E-state index in [0.717, 1.165) is 17.9 Å². The molecule has 6 rings (SSSR count). The highest BCUT2D eigenvalue weighted by molar-refractivity contribution is 5.29. The summed E-state index contributed by atoms with van der Waals surface area (Å²) in [6, 6.07) is 0.947. The molecule has 6 bridgehead atoms. The molecule has 1 N–H and O–H groups in total. The standard InChI is InChI=1S/C12H17N/c1-13-12-10-6-2-4-5-3-7(8(4)10)11(12)9(5)6/h4-13H,2-3H2,1H3/t4-,5+,6-,7-,8+,9-,10-,11-,12?/m0/s1. The summed E-state index contributed by atoms with van der Waals surface area (Å²) >= 11 is 0. The summed E-state index contributed by atoms with van der Waals surface area (Å²) in [5.41, 5.74) is 0. The maximum absolute atomic E-state index is 3.64. The molecule has 0 amide bonds. The Labute approximate surface area is 79.3 Å².